The molecule has 1 unspecified atom stereocenters. The van der Waals surface area contributed by atoms with E-state index in [0.717, 1.165) is 0 Å². The minimum atomic E-state index is -1.24. The third-order valence-electron chi connectivity index (χ3n) is 3.65. The topological polar surface area (TPSA) is 105 Å². The van der Waals surface area contributed by atoms with Gasteiger partial charge >= 0.3 is 5.97 Å². The van der Waals surface area contributed by atoms with Crippen LogP contribution in [0, 0.1) is 0 Å². The number of hydrogen-bond acceptors (Lipinski definition) is 5. The molecule has 2 amide bonds. The second-order valence-electron chi connectivity index (χ2n) is 5.35. The number of amides is 2. The number of para-hydroxylation sites is 1. The smallest absolute Gasteiger partial charge is 0.330 e. The molecule has 1 saturated heterocycles. The number of carboxylic acids is 1. The van der Waals surface area contributed by atoms with Crippen molar-refractivity contribution < 1.29 is 24.2 Å². The fourth-order valence-electron chi connectivity index (χ4n) is 2.39. The Balaban J connectivity index is 1.94. The molecule has 1 aliphatic heterocycles. The lowest BCUT2D eigenvalue weighted by Crippen LogP contribution is -2.56. The van der Waals surface area contributed by atoms with E-state index in [1.807, 2.05) is 6.92 Å². The number of aliphatic carboxylic acids is 1. The van der Waals surface area contributed by atoms with Crippen LogP contribution in [0.15, 0.2) is 24.3 Å². The van der Waals surface area contributed by atoms with Crippen LogP contribution in [0.2, 0.25) is 0 Å². The van der Waals surface area contributed by atoms with Crippen molar-refractivity contribution in [2.45, 2.75) is 18.9 Å². The summed E-state index contributed by atoms with van der Waals surface area (Å²) in [5.74, 6) is -0.571. The first-order valence-electron chi connectivity index (χ1n) is 7.60. The Kier molecular flexibility index (Phi) is 6.08. The van der Waals surface area contributed by atoms with Gasteiger partial charge in [-0.05, 0) is 31.2 Å². The van der Waals surface area contributed by atoms with Gasteiger partial charge in [0.05, 0.1) is 18.7 Å². The first kappa shape index (κ1) is 18.1. The molecule has 1 aliphatic rings. The lowest BCUT2D eigenvalue weighted by molar-refractivity contribution is -0.146. The van der Waals surface area contributed by atoms with Crippen molar-refractivity contribution in [3.05, 3.63) is 29.8 Å². The molecule has 24 heavy (non-hydrogen) atoms. The quantitative estimate of drug-likeness (QED) is 0.673. The van der Waals surface area contributed by atoms with Gasteiger partial charge in [-0.3, -0.25) is 9.59 Å². The summed E-state index contributed by atoms with van der Waals surface area (Å²) in [7, 11) is 0. The van der Waals surface area contributed by atoms with Gasteiger partial charge < -0.3 is 20.5 Å². The average Bonchev–Trinajstić information content (AvgIpc) is 3.03. The normalized spacial score (nSPS) is 19.5. The van der Waals surface area contributed by atoms with E-state index >= 15 is 0 Å². The van der Waals surface area contributed by atoms with Crippen molar-refractivity contribution in [2.24, 2.45) is 0 Å². The molecule has 0 aliphatic carbocycles. The summed E-state index contributed by atoms with van der Waals surface area (Å²) in [5.41, 5.74) is -0.910. The number of carbonyl (C=O) groups excluding carboxylic acids is 2. The van der Waals surface area contributed by atoms with Gasteiger partial charge in [-0.1, -0.05) is 12.1 Å². The third kappa shape index (κ3) is 4.19. The molecular formula is C16H20N2O5S. The zero-order chi connectivity index (χ0) is 17.6. The Labute approximate surface area is 144 Å². The highest BCUT2D eigenvalue weighted by Gasteiger charge is 2.43. The molecule has 0 aromatic heterocycles. The Hall–Kier alpha value is -2.22. The maximum absolute atomic E-state index is 12.2. The summed E-state index contributed by atoms with van der Waals surface area (Å²) in [6, 6.07) is 6.73. The largest absolute Gasteiger partial charge is 0.493 e. The van der Waals surface area contributed by atoms with Crippen LogP contribution in [0.4, 0.5) is 0 Å². The van der Waals surface area contributed by atoms with E-state index in [2.05, 4.69) is 10.6 Å². The highest BCUT2D eigenvalue weighted by Crippen LogP contribution is 2.28. The molecule has 0 spiro atoms. The van der Waals surface area contributed by atoms with Gasteiger partial charge in [0, 0.05) is 5.75 Å². The zero-order valence-electron chi connectivity index (χ0n) is 13.3. The minimum absolute atomic E-state index is 0.293. The summed E-state index contributed by atoms with van der Waals surface area (Å²) < 4.78 is 5.38. The molecule has 0 saturated carbocycles. The maximum Gasteiger partial charge on any atom is 0.330 e. The molecule has 1 aromatic rings. The van der Waals surface area contributed by atoms with E-state index < -0.39 is 23.3 Å². The molecule has 130 valence electrons. The first-order valence-corrected chi connectivity index (χ1v) is 8.76. The lowest BCUT2D eigenvalue weighted by Gasteiger charge is -2.24. The van der Waals surface area contributed by atoms with Crippen LogP contribution in [-0.2, 0) is 9.59 Å². The molecule has 0 bridgehead atoms. The molecular weight excluding hydrogens is 332 g/mol. The van der Waals surface area contributed by atoms with Crippen LogP contribution in [0.3, 0.4) is 0 Å². The van der Waals surface area contributed by atoms with Gasteiger partial charge in [-0.25, -0.2) is 4.79 Å². The van der Waals surface area contributed by atoms with Gasteiger partial charge in [0.1, 0.15) is 11.3 Å². The van der Waals surface area contributed by atoms with E-state index in [4.69, 9.17) is 4.74 Å². The standard InChI is InChI=1S/C16H20N2O5S/c1-2-23-12-6-4-3-5-11(12)14(20)17-9-13(19)18-16(15(21)22)7-8-24-10-16/h3-6H,2,7-10H2,1H3,(H,17,20)(H,18,19)(H,21,22). The fourth-order valence-corrected chi connectivity index (χ4v) is 3.71. The molecule has 3 N–H and O–H groups in total. The van der Waals surface area contributed by atoms with Crippen molar-refractivity contribution in [1.82, 2.24) is 10.6 Å². The second kappa shape index (κ2) is 8.05. The molecule has 1 aromatic carbocycles. The van der Waals surface area contributed by atoms with Crippen LogP contribution >= 0.6 is 11.8 Å². The van der Waals surface area contributed by atoms with Crippen LogP contribution in [0.1, 0.15) is 23.7 Å². The Morgan fingerprint density at radius 2 is 2.08 bits per heavy atom. The highest BCUT2D eigenvalue weighted by molar-refractivity contribution is 7.99. The number of carboxylic acid groups (broad SMARTS) is 1. The summed E-state index contributed by atoms with van der Waals surface area (Å²) in [4.78, 5) is 35.6. The van der Waals surface area contributed by atoms with Crippen molar-refractivity contribution in [1.29, 1.82) is 0 Å². The van der Waals surface area contributed by atoms with E-state index in [0.29, 0.717) is 35.8 Å². The van der Waals surface area contributed by atoms with Crippen LogP contribution in [-0.4, -0.2) is 53.1 Å². The lowest BCUT2D eigenvalue weighted by atomic mass is 9.99. The second-order valence-corrected chi connectivity index (χ2v) is 6.46. The van der Waals surface area contributed by atoms with Gasteiger partial charge in [0.15, 0.2) is 0 Å². The first-order chi connectivity index (χ1) is 11.5. The van der Waals surface area contributed by atoms with Gasteiger partial charge in [-0.2, -0.15) is 11.8 Å². The molecule has 8 heteroatoms. The van der Waals surface area contributed by atoms with Crippen LogP contribution < -0.4 is 15.4 Å². The predicted molar refractivity (Wildman–Crippen MR) is 90.4 cm³/mol. The van der Waals surface area contributed by atoms with Gasteiger partial charge in [0.25, 0.3) is 5.91 Å². The van der Waals surface area contributed by atoms with Gasteiger partial charge in [0.2, 0.25) is 5.91 Å². The van der Waals surface area contributed by atoms with E-state index in [1.165, 1.54) is 11.8 Å². The van der Waals surface area contributed by atoms with Crippen LogP contribution in [0.25, 0.3) is 0 Å². The van der Waals surface area contributed by atoms with Crippen molar-refractivity contribution in [3.8, 4) is 5.75 Å². The van der Waals surface area contributed by atoms with E-state index in [1.54, 1.807) is 24.3 Å². The highest BCUT2D eigenvalue weighted by atomic mass is 32.2. The Morgan fingerprint density at radius 3 is 2.71 bits per heavy atom. The molecule has 1 atom stereocenters. The monoisotopic (exact) mass is 352 g/mol. The Morgan fingerprint density at radius 1 is 1.33 bits per heavy atom. The van der Waals surface area contributed by atoms with E-state index in [-0.39, 0.29) is 6.54 Å². The number of hydrogen-bond donors (Lipinski definition) is 3. The molecule has 1 heterocycles. The number of ether oxygens (including phenoxy) is 1. The van der Waals surface area contributed by atoms with Crippen molar-refractivity contribution >= 4 is 29.5 Å². The maximum atomic E-state index is 12.2. The summed E-state index contributed by atoms with van der Waals surface area (Å²) >= 11 is 1.48. The predicted octanol–water partition coefficient (Wildman–Crippen LogP) is 0.892. The Bertz CT molecular complexity index is 629. The molecule has 1 fully saturated rings. The summed E-state index contributed by atoms with van der Waals surface area (Å²) in [6.07, 6.45) is 0.375. The fraction of sp³-hybridized carbons (Fsp3) is 0.438. The number of benzene rings is 1. The average molecular weight is 352 g/mol. The van der Waals surface area contributed by atoms with Crippen LogP contribution in [0.5, 0.6) is 5.75 Å². The third-order valence-corrected chi connectivity index (χ3v) is 4.84. The number of nitrogens with one attached hydrogen (secondary N) is 2. The SMILES string of the molecule is CCOc1ccccc1C(=O)NCC(=O)NC1(C(=O)O)CCSC1. The summed E-state index contributed by atoms with van der Waals surface area (Å²) in [6.45, 7) is 1.94. The molecule has 2 rings (SSSR count). The zero-order valence-corrected chi connectivity index (χ0v) is 14.1. The van der Waals surface area contributed by atoms with Crippen molar-refractivity contribution in [3.63, 3.8) is 0 Å². The summed E-state index contributed by atoms with van der Waals surface area (Å²) in [5, 5.41) is 14.4. The molecule has 0 radical (unpaired) electrons. The number of rotatable bonds is 7. The molecule has 7 nitrogen and oxygen atoms in total. The van der Waals surface area contributed by atoms with Crippen molar-refractivity contribution in [2.75, 3.05) is 24.7 Å². The minimum Gasteiger partial charge on any atom is -0.493 e. The number of thioether (sulfide) groups is 1. The van der Waals surface area contributed by atoms with E-state index in [9.17, 15) is 19.5 Å². The number of carbonyl (C=O) groups is 3. The van der Waals surface area contributed by atoms with Gasteiger partial charge in [-0.15, -0.1) is 0 Å².